The van der Waals surface area contributed by atoms with Gasteiger partial charge in [0.15, 0.2) is 0 Å². The van der Waals surface area contributed by atoms with Gasteiger partial charge in [0.1, 0.15) is 0 Å². The highest BCUT2D eigenvalue weighted by atomic mass is 32.2. The SMILES string of the molecule is C[S+]([O-])C1(F)C(F)(F)C(F)(F)C(F)(F)C(F)(F)C1(F)F. The molecule has 0 N–H and O–H groups in total. The summed E-state index contributed by atoms with van der Waals surface area (Å²) in [4.78, 5) is 0. The van der Waals surface area contributed by atoms with Crippen molar-refractivity contribution in [3.8, 4) is 0 Å². The predicted octanol–water partition coefficient (Wildman–Crippen LogP) is 3.22. The minimum atomic E-state index is -7.26. The third-order valence-corrected chi connectivity index (χ3v) is 4.09. The molecule has 0 aromatic rings. The van der Waals surface area contributed by atoms with Gasteiger partial charge in [0, 0.05) is 0 Å². The summed E-state index contributed by atoms with van der Waals surface area (Å²) in [5.74, 6) is -35.7. The highest BCUT2D eigenvalue weighted by molar-refractivity contribution is 7.92. The van der Waals surface area contributed by atoms with Crippen molar-refractivity contribution >= 4 is 11.2 Å². The Morgan fingerprint density at radius 2 is 0.750 bits per heavy atom. The molecule has 1 aliphatic carbocycles. The van der Waals surface area contributed by atoms with E-state index in [9.17, 15) is 52.8 Å². The lowest BCUT2D eigenvalue weighted by Gasteiger charge is -2.50. The average Bonchev–Trinajstić information content (AvgIpc) is 2.24. The fourth-order valence-electron chi connectivity index (χ4n) is 1.55. The molecule has 0 heterocycles. The molecule has 0 bridgehead atoms. The molecular weight excluding hydrogens is 341 g/mol. The van der Waals surface area contributed by atoms with Crippen LogP contribution in [0.3, 0.4) is 0 Å². The third kappa shape index (κ3) is 1.35. The minimum Gasteiger partial charge on any atom is -0.614 e. The second-order valence-corrected chi connectivity index (χ2v) is 5.39. The van der Waals surface area contributed by atoms with Gasteiger partial charge >= 0.3 is 34.6 Å². The molecule has 0 aromatic carbocycles. The Labute approximate surface area is 106 Å². The highest BCUT2D eigenvalue weighted by Gasteiger charge is 3.04. The van der Waals surface area contributed by atoms with Crippen LogP contribution in [-0.4, -0.2) is 45.4 Å². The lowest BCUT2D eigenvalue weighted by molar-refractivity contribution is -0.469. The van der Waals surface area contributed by atoms with Crippen LogP contribution in [-0.2, 0) is 11.2 Å². The summed E-state index contributed by atoms with van der Waals surface area (Å²) >= 11 is -4.34. The van der Waals surface area contributed by atoms with Crippen LogP contribution in [0.15, 0.2) is 0 Å². The molecule has 0 radical (unpaired) electrons. The first kappa shape index (κ1) is 17.6. The zero-order chi connectivity index (χ0) is 16.6. The normalized spacial score (nSPS) is 33.5. The van der Waals surface area contributed by atoms with Crippen LogP contribution in [0.1, 0.15) is 0 Å². The first-order chi connectivity index (χ1) is 8.44. The molecule has 0 aliphatic heterocycles. The summed E-state index contributed by atoms with van der Waals surface area (Å²) in [6.07, 6.45) is -0.350. The fraction of sp³-hybridized carbons (Fsp3) is 1.00. The van der Waals surface area contributed by atoms with Crippen molar-refractivity contribution in [2.75, 3.05) is 6.26 Å². The van der Waals surface area contributed by atoms with Gasteiger partial charge in [0.25, 0.3) is 0 Å². The molecule has 0 aromatic heterocycles. The Bertz CT molecular complexity index is 387. The number of halogens is 11. The third-order valence-electron chi connectivity index (χ3n) is 2.78. The van der Waals surface area contributed by atoms with Gasteiger partial charge in [0.05, 0.1) is 6.26 Å². The molecule has 1 unspecified atom stereocenters. The van der Waals surface area contributed by atoms with E-state index in [0.29, 0.717) is 0 Å². The van der Waals surface area contributed by atoms with Gasteiger partial charge in [-0.25, -0.2) is 0 Å². The molecule has 13 heteroatoms. The maximum atomic E-state index is 13.5. The summed E-state index contributed by atoms with van der Waals surface area (Å²) in [7, 11) is 0. The molecule has 1 nitrogen and oxygen atoms in total. The molecule has 1 saturated carbocycles. The Kier molecular flexibility index (Phi) is 3.38. The van der Waals surface area contributed by atoms with E-state index < -0.39 is 45.8 Å². The first-order valence-corrected chi connectivity index (χ1v) is 5.92. The van der Waals surface area contributed by atoms with Crippen molar-refractivity contribution in [2.24, 2.45) is 0 Å². The van der Waals surface area contributed by atoms with Crippen LogP contribution >= 0.6 is 0 Å². The van der Waals surface area contributed by atoms with E-state index in [2.05, 4.69) is 0 Å². The molecule has 1 rings (SSSR count). The van der Waals surface area contributed by atoms with Crippen molar-refractivity contribution in [1.29, 1.82) is 0 Å². The van der Waals surface area contributed by atoms with Gasteiger partial charge in [-0.3, -0.25) is 0 Å². The summed E-state index contributed by atoms with van der Waals surface area (Å²) in [6.45, 7) is 0. The molecular formula is C7H3F11OS. The number of hydrogen-bond donors (Lipinski definition) is 0. The van der Waals surface area contributed by atoms with E-state index in [0.717, 1.165) is 0 Å². The standard InChI is InChI=1S/C7H3F11OS/c1-20(19)7(18)5(14,15)3(10,11)2(8,9)4(12,13)6(7,16)17/h1H3. The smallest absolute Gasteiger partial charge is 0.401 e. The zero-order valence-corrected chi connectivity index (χ0v) is 9.79. The molecule has 1 aliphatic rings. The van der Waals surface area contributed by atoms with E-state index in [1.807, 2.05) is 0 Å². The van der Waals surface area contributed by atoms with Gasteiger partial charge in [0.2, 0.25) is 0 Å². The quantitative estimate of drug-likeness (QED) is 0.529. The predicted molar refractivity (Wildman–Crippen MR) is 42.6 cm³/mol. The summed E-state index contributed by atoms with van der Waals surface area (Å²) in [5, 5.41) is -6.38. The van der Waals surface area contributed by atoms with Gasteiger partial charge < -0.3 is 4.55 Å². The van der Waals surface area contributed by atoms with Gasteiger partial charge in [-0.05, 0) is 11.2 Å². The lowest BCUT2D eigenvalue weighted by atomic mass is 9.80. The second-order valence-electron chi connectivity index (χ2n) is 3.92. The summed E-state index contributed by atoms with van der Waals surface area (Å²) in [5.41, 5.74) is 0. The van der Waals surface area contributed by atoms with Crippen molar-refractivity contribution < 1.29 is 52.8 Å². The Morgan fingerprint density at radius 3 is 0.950 bits per heavy atom. The summed E-state index contributed by atoms with van der Waals surface area (Å²) < 4.78 is 152. The van der Waals surface area contributed by atoms with Crippen molar-refractivity contribution in [1.82, 2.24) is 0 Å². The maximum absolute atomic E-state index is 13.5. The first-order valence-electron chi connectivity index (χ1n) is 4.36. The molecule has 120 valence electrons. The molecule has 1 fully saturated rings. The van der Waals surface area contributed by atoms with E-state index >= 15 is 0 Å². The highest BCUT2D eigenvalue weighted by Crippen LogP contribution is 2.70. The van der Waals surface area contributed by atoms with E-state index in [4.69, 9.17) is 0 Å². The van der Waals surface area contributed by atoms with Crippen molar-refractivity contribution in [3.63, 3.8) is 0 Å². The summed E-state index contributed by atoms with van der Waals surface area (Å²) in [6, 6.07) is 0. The van der Waals surface area contributed by atoms with E-state index in [-0.39, 0.29) is 6.26 Å². The van der Waals surface area contributed by atoms with Gasteiger partial charge in [-0.1, -0.05) is 0 Å². The lowest BCUT2D eigenvalue weighted by Crippen LogP contribution is -2.85. The van der Waals surface area contributed by atoms with Gasteiger partial charge in [-0.2, -0.15) is 48.3 Å². The van der Waals surface area contributed by atoms with Crippen LogP contribution in [0.4, 0.5) is 48.3 Å². The van der Waals surface area contributed by atoms with Crippen LogP contribution in [0, 0.1) is 0 Å². The molecule has 1 atom stereocenters. The number of hydrogen-bond acceptors (Lipinski definition) is 1. The van der Waals surface area contributed by atoms with Crippen LogP contribution in [0.25, 0.3) is 0 Å². The topological polar surface area (TPSA) is 23.1 Å². The second kappa shape index (κ2) is 3.84. The van der Waals surface area contributed by atoms with Crippen LogP contribution in [0.5, 0.6) is 0 Å². The Balaban J connectivity index is 3.83. The maximum Gasteiger partial charge on any atom is 0.401 e. The molecule has 20 heavy (non-hydrogen) atoms. The number of rotatable bonds is 1. The average molecular weight is 344 g/mol. The Morgan fingerprint density at radius 1 is 0.550 bits per heavy atom. The van der Waals surface area contributed by atoms with Crippen molar-refractivity contribution in [2.45, 2.75) is 34.6 Å². The number of alkyl halides is 11. The fourth-order valence-corrected chi connectivity index (χ4v) is 2.53. The minimum absolute atomic E-state index is 0.350. The van der Waals surface area contributed by atoms with Crippen LogP contribution < -0.4 is 0 Å². The zero-order valence-electron chi connectivity index (χ0n) is 8.97. The van der Waals surface area contributed by atoms with E-state index in [1.54, 1.807) is 0 Å². The van der Waals surface area contributed by atoms with Gasteiger partial charge in [-0.15, -0.1) is 0 Å². The molecule has 0 amide bonds. The Hall–Kier alpha value is -0.460. The van der Waals surface area contributed by atoms with Crippen LogP contribution in [0.2, 0.25) is 0 Å². The largest absolute Gasteiger partial charge is 0.614 e. The van der Waals surface area contributed by atoms with E-state index in [1.165, 1.54) is 0 Å². The molecule has 0 saturated heterocycles. The molecule has 0 spiro atoms. The van der Waals surface area contributed by atoms with Crippen molar-refractivity contribution in [3.05, 3.63) is 0 Å². The monoisotopic (exact) mass is 344 g/mol.